The summed E-state index contributed by atoms with van der Waals surface area (Å²) in [6.45, 7) is 5.90. The van der Waals surface area contributed by atoms with Crippen LogP contribution in [0.3, 0.4) is 0 Å². The van der Waals surface area contributed by atoms with Crippen LogP contribution in [0, 0.1) is 0 Å². The zero-order valence-electron chi connectivity index (χ0n) is 11.8. The van der Waals surface area contributed by atoms with Crippen LogP contribution in [0.15, 0.2) is 9.98 Å². The molecular weight excluding hydrogens is 292 g/mol. The largest absolute Gasteiger partial charge is 0.356 e. The molecule has 8 heteroatoms. The van der Waals surface area contributed by atoms with Crippen molar-refractivity contribution in [2.75, 3.05) is 50.8 Å². The molecule has 0 fully saturated rings. The van der Waals surface area contributed by atoms with E-state index in [1.807, 2.05) is 21.6 Å². The Bertz CT molecular complexity index is 302. The van der Waals surface area contributed by atoms with Gasteiger partial charge in [-0.3, -0.25) is 9.98 Å². The van der Waals surface area contributed by atoms with Gasteiger partial charge in [-0.1, -0.05) is 21.6 Å². The first-order chi connectivity index (χ1) is 9.95. The highest BCUT2D eigenvalue weighted by molar-refractivity contribution is 8.76. The number of guanidine groups is 2. The molecule has 0 amide bonds. The fourth-order valence-corrected chi connectivity index (χ4v) is 3.66. The molecule has 6 nitrogen and oxygen atoms in total. The molecule has 0 saturated heterocycles. The molecule has 0 atom stereocenters. The smallest absolute Gasteiger partial charge is 0.191 e. The van der Waals surface area contributed by atoms with Gasteiger partial charge in [0, 0.05) is 50.8 Å². The Labute approximate surface area is 128 Å². The van der Waals surface area contributed by atoms with E-state index in [0.29, 0.717) is 0 Å². The van der Waals surface area contributed by atoms with Gasteiger partial charge in [0.1, 0.15) is 0 Å². The molecule has 2 rings (SSSR count). The average Bonchev–Trinajstić information content (AvgIpc) is 2.52. The van der Waals surface area contributed by atoms with Crippen LogP contribution in [0.5, 0.6) is 0 Å². The summed E-state index contributed by atoms with van der Waals surface area (Å²) >= 11 is 0. The maximum atomic E-state index is 4.38. The van der Waals surface area contributed by atoms with Crippen molar-refractivity contribution in [3.8, 4) is 0 Å². The van der Waals surface area contributed by atoms with Gasteiger partial charge in [-0.2, -0.15) is 0 Å². The van der Waals surface area contributed by atoms with Crippen LogP contribution in [0.4, 0.5) is 0 Å². The maximum absolute atomic E-state index is 4.38. The molecule has 4 N–H and O–H groups in total. The fourth-order valence-electron chi connectivity index (χ4n) is 1.84. The third-order valence-electron chi connectivity index (χ3n) is 2.83. The molecule has 114 valence electrons. The SMILES string of the molecule is C1CN=C(NCCSSCCNC2=NCCCN2)NC1. The van der Waals surface area contributed by atoms with Crippen LogP contribution >= 0.6 is 21.6 Å². The lowest BCUT2D eigenvalue weighted by molar-refractivity contribution is 0.709. The number of rotatable bonds is 7. The second-order valence-electron chi connectivity index (χ2n) is 4.52. The van der Waals surface area contributed by atoms with Crippen molar-refractivity contribution in [1.29, 1.82) is 0 Å². The van der Waals surface area contributed by atoms with Gasteiger partial charge in [-0.15, -0.1) is 0 Å². The van der Waals surface area contributed by atoms with E-state index in [4.69, 9.17) is 0 Å². The normalized spacial score (nSPS) is 18.4. The highest BCUT2D eigenvalue weighted by Gasteiger charge is 2.03. The van der Waals surface area contributed by atoms with E-state index < -0.39 is 0 Å². The Balaban J connectivity index is 1.38. The fraction of sp³-hybridized carbons (Fsp3) is 0.833. The molecule has 0 aromatic carbocycles. The van der Waals surface area contributed by atoms with Crippen LogP contribution < -0.4 is 21.3 Å². The first-order valence-electron chi connectivity index (χ1n) is 7.24. The van der Waals surface area contributed by atoms with Crippen molar-refractivity contribution in [2.45, 2.75) is 12.8 Å². The minimum atomic E-state index is 0.945. The van der Waals surface area contributed by atoms with Gasteiger partial charge in [-0.25, -0.2) is 0 Å². The van der Waals surface area contributed by atoms with Crippen molar-refractivity contribution in [2.24, 2.45) is 9.98 Å². The van der Waals surface area contributed by atoms with Crippen LogP contribution in [-0.4, -0.2) is 62.7 Å². The predicted octanol–water partition coefficient (Wildman–Crippen LogP) is 0.246. The molecule has 0 spiro atoms. The number of aliphatic imine (C=N–C) groups is 2. The minimum Gasteiger partial charge on any atom is -0.356 e. The van der Waals surface area contributed by atoms with Crippen LogP contribution in [0.25, 0.3) is 0 Å². The molecule has 0 aliphatic carbocycles. The molecule has 0 saturated carbocycles. The first kappa shape index (κ1) is 15.6. The van der Waals surface area contributed by atoms with E-state index in [1.165, 1.54) is 0 Å². The van der Waals surface area contributed by atoms with Crippen molar-refractivity contribution in [1.82, 2.24) is 21.3 Å². The first-order valence-corrected chi connectivity index (χ1v) is 9.73. The molecule has 0 radical (unpaired) electrons. The zero-order valence-corrected chi connectivity index (χ0v) is 13.4. The summed E-state index contributed by atoms with van der Waals surface area (Å²) < 4.78 is 0. The monoisotopic (exact) mass is 316 g/mol. The van der Waals surface area contributed by atoms with Crippen molar-refractivity contribution >= 4 is 33.5 Å². The molecule has 2 aliphatic rings. The van der Waals surface area contributed by atoms with Crippen LogP contribution in [0.1, 0.15) is 12.8 Å². The predicted molar refractivity (Wildman–Crippen MR) is 90.8 cm³/mol. The van der Waals surface area contributed by atoms with Gasteiger partial charge >= 0.3 is 0 Å². The quantitative estimate of drug-likeness (QED) is 0.398. The Morgan fingerprint density at radius 1 is 0.850 bits per heavy atom. The Morgan fingerprint density at radius 3 is 1.75 bits per heavy atom. The van der Waals surface area contributed by atoms with Crippen molar-refractivity contribution < 1.29 is 0 Å². The number of hydrogen-bond acceptors (Lipinski definition) is 8. The van der Waals surface area contributed by atoms with E-state index >= 15 is 0 Å². The zero-order chi connectivity index (χ0) is 13.9. The van der Waals surface area contributed by atoms with Crippen molar-refractivity contribution in [3.05, 3.63) is 0 Å². The lowest BCUT2D eigenvalue weighted by atomic mass is 10.4. The summed E-state index contributed by atoms with van der Waals surface area (Å²) in [4.78, 5) is 8.75. The summed E-state index contributed by atoms with van der Waals surface area (Å²) in [5, 5.41) is 13.2. The molecule has 2 heterocycles. The van der Waals surface area contributed by atoms with E-state index in [0.717, 1.165) is 75.5 Å². The summed E-state index contributed by atoms with van der Waals surface area (Å²) in [7, 11) is 3.80. The lowest BCUT2D eigenvalue weighted by Crippen LogP contribution is -2.41. The van der Waals surface area contributed by atoms with E-state index in [-0.39, 0.29) is 0 Å². The summed E-state index contributed by atoms with van der Waals surface area (Å²) in [6, 6.07) is 0. The number of nitrogens with one attached hydrogen (secondary N) is 4. The lowest BCUT2D eigenvalue weighted by Gasteiger charge is -2.16. The van der Waals surface area contributed by atoms with E-state index in [9.17, 15) is 0 Å². The third kappa shape index (κ3) is 6.60. The second kappa shape index (κ2) is 10.0. The minimum absolute atomic E-state index is 0.945. The van der Waals surface area contributed by atoms with Gasteiger partial charge in [0.25, 0.3) is 0 Å². The molecule has 0 aromatic rings. The van der Waals surface area contributed by atoms with Gasteiger partial charge in [-0.05, 0) is 12.8 Å². The van der Waals surface area contributed by atoms with Gasteiger partial charge in [0.15, 0.2) is 11.9 Å². The van der Waals surface area contributed by atoms with E-state index in [2.05, 4.69) is 31.3 Å². The van der Waals surface area contributed by atoms with Crippen molar-refractivity contribution in [3.63, 3.8) is 0 Å². The molecule has 20 heavy (non-hydrogen) atoms. The summed E-state index contributed by atoms with van der Waals surface area (Å²) in [5.41, 5.74) is 0. The molecule has 0 aromatic heterocycles. The number of hydrogen-bond donors (Lipinski definition) is 4. The Kier molecular flexibility index (Phi) is 7.84. The Hall–Kier alpha value is -0.760. The Morgan fingerprint density at radius 2 is 1.35 bits per heavy atom. The molecule has 0 unspecified atom stereocenters. The topological polar surface area (TPSA) is 72.8 Å². The highest BCUT2D eigenvalue weighted by Crippen LogP contribution is 2.19. The van der Waals surface area contributed by atoms with Gasteiger partial charge in [0.2, 0.25) is 0 Å². The van der Waals surface area contributed by atoms with Crippen LogP contribution in [0.2, 0.25) is 0 Å². The summed E-state index contributed by atoms with van der Waals surface area (Å²) in [5.74, 6) is 4.10. The van der Waals surface area contributed by atoms with Gasteiger partial charge in [0.05, 0.1) is 0 Å². The van der Waals surface area contributed by atoms with E-state index in [1.54, 1.807) is 0 Å². The third-order valence-corrected chi connectivity index (χ3v) is 5.24. The average molecular weight is 317 g/mol. The molecule has 2 aliphatic heterocycles. The van der Waals surface area contributed by atoms with Crippen LogP contribution in [-0.2, 0) is 0 Å². The number of nitrogens with zero attached hydrogens (tertiary/aromatic N) is 2. The van der Waals surface area contributed by atoms with Gasteiger partial charge < -0.3 is 21.3 Å². The standard InChI is InChI=1S/C12H24N6S2/c1-3-13-11(14-4-1)17-7-9-19-20-10-8-18-12-15-5-2-6-16-12/h1-10H2,(H2,13,14,17)(H2,15,16,18). The molecular formula is C12H24N6S2. The highest BCUT2D eigenvalue weighted by atomic mass is 33.1. The maximum Gasteiger partial charge on any atom is 0.191 e. The molecule has 0 bridgehead atoms. The summed E-state index contributed by atoms with van der Waals surface area (Å²) in [6.07, 6.45) is 2.28. The second-order valence-corrected chi connectivity index (χ2v) is 7.22.